The molecule has 0 spiro atoms. The largest absolute Gasteiger partial charge is 0.396 e. The molecule has 0 aliphatic carbocycles. The molecule has 63 valence electrons. The highest BCUT2D eigenvalue weighted by Crippen LogP contribution is 2.15. The third kappa shape index (κ3) is 2.60. The quantitative estimate of drug-likeness (QED) is 0.615. The van der Waals surface area contributed by atoms with Crippen LogP contribution in [-0.4, -0.2) is 42.5 Å². The van der Waals surface area contributed by atoms with Gasteiger partial charge in [-0.3, -0.25) is 9.69 Å². The first-order chi connectivity index (χ1) is 5.36. The number of rotatable bonds is 3. The van der Waals surface area contributed by atoms with Crippen molar-refractivity contribution in [3.05, 3.63) is 0 Å². The minimum absolute atomic E-state index is 0.290. The van der Waals surface area contributed by atoms with Crippen molar-refractivity contribution in [1.82, 2.24) is 4.90 Å². The van der Waals surface area contributed by atoms with Gasteiger partial charge in [0.2, 0.25) is 6.29 Å². The van der Waals surface area contributed by atoms with E-state index >= 15 is 0 Å². The molecule has 1 aliphatic rings. The summed E-state index contributed by atoms with van der Waals surface area (Å²) in [4.78, 5) is 12.1. The van der Waals surface area contributed by atoms with Crippen LogP contribution >= 0.6 is 0 Å². The summed E-state index contributed by atoms with van der Waals surface area (Å²) in [6, 6.07) is 0. The molecule has 1 fully saturated rings. The maximum Gasteiger partial charge on any atom is 0.213 e. The van der Waals surface area contributed by atoms with E-state index in [0.29, 0.717) is 19.1 Å². The van der Waals surface area contributed by atoms with Crippen molar-refractivity contribution < 1.29 is 9.90 Å². The molecule has 0 aromatic heterocycles. The first-order valence-corrected chi connectivity index (χ1v) is 4.05. The number of hydrogen-bond donors (Lipinski definition) is 1. The van der Waals surface area contributed by atoms with Gasteiger partial charge in [0.15, 0.2) is 0 Å². The fourth-order valence-electron chi connectivity index (χ4n) is 1.42. The van der Waals surface area contributed by atoms with Crippen molar-refractivity contribution in [3.8, 4) is 0 Å². The maximum absolute atomic E-state index is 10.0. The average molecular weight is 156 g/mol. The molecule has 1 heterocycles. The Hall–Kier alpha value is -0.410. The minimum Gasteiger partial charge on any atom is -0.396 e. The molecule has 0 bridgehead atoms. The third-order valence-corrected chi connectivity index (χ3v) is 2.25. The molecule has 1 saturated heterocycles. The second kappa shape index (κ2) is 4.46. The van der Waals surface area contributed by atoms with Gasteiger partial charge in [-0.05, 0) is 31.8 Å². The fourth-order valence-corrected chi connectivity index (χ4v) is 1.42. The second-order valence-electron chi connectivity index (χ2n) is 3.05. The predicted octanol–water partition coefficient (Wildman–Crippen LogP) is -0.200. The van der Waals surface area contributed by atoms with Crippen molar-refractivity contribution in [1.29, 1.82) is 0 Å². The number of hydrogen-bond acceptors (Lipinski definition) is 3. The molecule has 0 unspecified atom stereocenters. The molecule has 3 nitrogen and oxygen atoms in total. The zero-order valence-corrected chi connectivity index (χ0v) is 6.62. The van der Waals surface area contributed by atoms with E-state index in [2.05, 4.69) is 4.90 Å². The molecule has 11 heavy (non-hydrogen) atoms. The summed E-state index contributed by atoms with van der Waals surface area (Å²) in [5.74, 6) is 0.456. The SMILES string of the molecule is O=[C]CN1CCC(CO)CC1. The number of piperidine rings is 1. The number of nitrogens with zero attached hydrogens (tertiary/aromatic N) is 1. The van der Waals surface area contributed by atoms with E-state index in [1.165, 1.54) is 0 Å². The first-order valence-electron chi connectivity index (χ1n) is 4.05. The van der Waals surface area contributed by atoms with Gasteiger partial charge in [-0.25, -0.2) is 0 Å². The summed E-state index contributed by atoms with van der Waals surface area (Å²) < 4.78 is 0. The van der Waals surface area contributed by atoms with Gasteiger partial charge in [0.25, 0.3) is 0 Å². The Bertz CT molecular complexity index is 119. The molecule has 0 aromatic carbocycles. The van der Waals surface area contributed by atoms with E-state index in [4.69, 9.17) is 5.11 Å². The Labute approximate surface area is 67.0 Å². The maximum atomic E-state index is 10.0. The molecule has 0 saturated carbocycles. The third-order valence-electron chi connectivity index (χ3n) is 2.25. The molecule has 1 aliphatic heterocycles. The minimum atomic E-state index is 0.290. The zero-order valence-electron chi connectivity index (χ0n) is 6.62. The van der Waals surface area contributed by atoms with Gasteiger partial charge in [0.1, 0.15) is 0 Å². The summed E-state index contributed by atoms with van der Waals surface area (Å²) in [5.41, 5.74) is 0. The van der Waals surface area contributed by atoms with E-state index in [-0.39, 0.29) is 0 Å². The summed E-state index contributed by atoms with van der Waals surface area (Å²) >= 11 is 0. The Kier molecular flexibility index (Phi) is 3.52. The van der Waals surface area contributed by atoms with Gasteiger partial charge >= 0.3 is 0 Å². The van der Waals surface area contributed by atoms with Gasteiger partial charge in [-0.2, -0.15) is 0 Å². The highest BCUT2D eigenvalue weighted by atomic mass is 16.3. The van der Waals surface area contributed by atoms with Crippen LogP contribution in [0.3, 0.4) is 0 Å². The molecule has 3 heteroatoms. The zero-order chi connectivity index (χ0) is 8.10. The monoisotopic (exact) mass is 156 g/mol. The van der Waals surface area contributed by atoms with E-state index in [1.54, 1.807) is 0 Å². The van der Waals surface area contributed by atoms with Crippen LogP contribution in [0.4, 0.5) is 0 Å². The van der Waals surface area contributed by atoms with Crippen LogP contribution in [0.25, 0.3) is 0 Å². The Morgan fingerprint density at radius 3 is 2.55 bits per heavy atom. The molecule has 1 radical (unpaired) electrons. The average Bonchev–Trinajstić information content (AvgIpc) is 2.07. The van der Waals surface area contributed by atoms with E-state index in [1.807, 2.05) is 6.29 Å². The lowest BCUT2D eigenvalue weighted by molar-refractivity contribution is 0.141. The lowest BCUT2D eigenvalue weighted by Crippen LogP contribution is -2.35. The van der Waals surface area contributed by atoms with Crippen LogP contribution in [0.2, 0.25) is 0 Å². The Morgan fingerprint density at radius 2 is 2.09 bits per heavy atom. The summed E-state index contributed by atoms with van der Waals surface area (Å²) in [6.45, 7) is 2.58. The van der Waals surface area contributed by atoms with Crippen molar-refractivity contribution in [2.45, 2.75) is 12.8 Å². The molecule has 1 N–H and O–H groups in total. The molecule has 0 aromatic rings. The summed E-state index contributed by atoms with van der Waals surface area (Å²) in [7, 11) is 0. The highest BCUT2D eigenvalue weighted by Gasteiger charge is 2.17. The van der Waals surface area contributed by atoms with Crippen LogP contribution in [0.1, 0.15) is 12.8 Å². The fraction of sp³-hybridized carbons (Fsp3) is 0.875. The van der Waals surface area contributed by atoms with E-state index in [0.717, 1.165) is 25.9 Å². The van der Waals surface area contributed by atoms with Crippen molar-refractivity contribution in [2.24, 2.45) is 5.92 Å². The van der Waals surface area contributed by atoms with Gasteiger partial charge in [0.05, 0.1) is 6.54 Å². The molecule has 0 amide bonds. The van der Waals surface area contributed by atoms with Gasteiger partial charge in [-0.1, -0.05) is 0 Å². The Morgan fingerprint density at radius 1 is 1.45 bits per heavy atom. The van der Waals surface area contributed by atoms with Crippen LogP contribution in [0, 0.1) is 5.92 Å². The number of aliphatic hydroxyl groups excluding tert-OH is 1. The topological polar surface area (TPSA) is 40.5 Å². The van der Waals surface area contributed by atoms with Crippen molar-refractivity contribution >= 4 is 6.29 Å². The molecule has 1 rings (SSSR count). The van der Waals surface area contributed by atoms with E-state index < -0.39 is 0 Å². The first kappa shape index (κ1) is 8.68. The highest BCUT2D eigenvalue weighted by molar-refractivity contribution is 5.53. The lowest BCUT2D eigenvalue weighted by atomic mass is 9.98. The number of aliphatic hydroxyl groups is 1. The standard InChI is InChI=1S/C8H14NO2/c10-6-5-9-3-1-8(7-11)2-4-9/h8,11H,1-5,7H2. The molecule has 0 atom stereocenters. The molecular weight excluding hydrogens is 142 g/mol. The normalized spacial score (nSPS) is 21.9. The van der Waals surface area contributed by atoms with Gasteiger partial charge < -0.3 is 5.11 Å². The van der Waals surface area contributed by atoms with Gasteiger partial charge in [-0.15, -0.1) is 0 Å². The number of likely N-dealkylation sites (tertiary alicyclic amines) is 1. The number of carbonyl (C=O) groups excluding carboxylic acids is 1. The summed E-state index contributed by atoms with van der Waals surface area (Å²) in [5, 5.41) is 8.81. The predicted molar refractivity (Wildman–Crippen MR) is 41.9 cm³/mol. The second-order valence-corrected chi connectivity index (χ2v) is 3.05. The molecular formula is C8H14NO2. The van der Waals surface area contributed by atoms with Gasteiger partial charge in [0, 0.05) is 6.61 Å². The van der Waals surface area contributed by atoms with Crippen LogP contribution in [-0.2, 0) is 4.79 Å². The lowest BCUT2D eigenvalue weighted by Gasteiger charge is -2.29. The van der Waals surface area contributed by atoms with Crippen LogP contribution in [0.15, 0.2) is 0 Å². The summed E-state index contributed by atoms with van der Waals surface area (Å²) in [6.07, 6.45) is 3.91. The van der Waals surface area contributed by atoms with Crippen LogP contribution < -0.4 is 0 Å². The van der Waals surface area contributed by atoms with Crippen molar-refractivity contribution in [3.63, 3.8) is 0 Å². The van der Waals surface area contributed by atoms with E-state index in [9.17, 15) is 4.79 Å². The Balaban J connectivity index is 2.18. The smallest absolute Gasteiger partial charge is 0.213 e. The van der Waals surface area contributed by atoms with Crippen LogP contribution in [0.5, 0.6) is 0 Å². The van der Waals surface area contributed by atoms with Crippen molar-refractivity contribution in [2.75, 3.05) is 26.2 Å².